The van der Waals surface area contributed by atoms with E-state index in [9.17, 15) is 5.21 Å². The molecule has 0 spiro atoms. The predicted octanol–water partition coefficient (Wildman–Crippen LogP) is 1.41. The van der Waals surface area contributed by atoms with Crippen molar-refractivity contribution in [3.63, 3.8) is 0 Å². The normalized spacial score (nSPS) is 11.4. The summed E-state index contributed by atoms with van der Waals surface area (Å²) < 4.78 is 0. The van der Waals surface area contributed by atoms with Crippen molar-refractivity contribution >= 4 is 5.71 Å². The molecule has 0 fully saturated rings. The van der Waals surface area contributed by atoms with Gasteiger partial charge in [-0.25, -0.2) is 5.16 Å². The van der Waals surface area contributed by atoms with Crippen LogP contribution in [-0.2, 0) is 0 Å². The maximum atomic E-state index is 11.0. The summed E-state index contributed by atoms with van der Waals surface area (Å²) in [7, 11) is 0. The lowest BCUT2D eigenvalue weighted by Gasteiger charge is -2.02. The fraction of sp³-hybridized carbons (Fsp3) is 0.0714. The minimum atomic E-state index is 0.612. The summed E-state index contributed by atoms with van der Waals surface area (Å²) in [6.07, 6.45) is 0. The molecule has 2 nitrogen and oxygen atoms in total. The molecule has 2 heteroatoms. The standard InChI is InChI=1S/C14H13NO/c1-11-7-9-13(10-8-11)14(15-16)12-5-3-2-4-6-12/h2-10,15H,1H3. The van der Waals surface area contributed by atoms with E-state index in [2.05, 4.69) is 0 Å². The highest BCUT2D eigenvalue weighted by atomic mass is 16.4. The van der Waals surface area contributed by atoms with E-state index in [1.54, 1.807) is 0 Å². The average molecular weight is 211 g/mol. The minimum Gasteiger partial charge on any atom is -0.625 e. The largest absolute Gasteiger partial charge is 0.625 e. The van der Waals surface area contributed by atoms with Gasteiger partial charge < -0.3 is 5.21 Å². The first-order valence-electron chi connectivity index (χ1n) is 5.19. The Morgan fingerprint density at radius 2 is 1.44 bits per heavy atom. The molecule has 0 aliphatic rings. The molecule has 0 saturated heterocycles. The molecular weight excluding hydrogens is 198 g/mol. The molecule has 16 heavy (non-hydrogen) atoms. The quantitative estimate of drug-likeness (QED) is 0.455. The van der Waals surface area contributed by atoms with Crippen LogP contribution >= 0.6 is 0 Å². The highest BCUT2D eigenvalue weighted by molar-refractivity contribution is 6.09. The van der Waals surface area contributed by atoms with E-state index in [-0.39, 0.29) is 0 Å². The first-order valence-corrected chi connectivity index (χ1v) is 5.19. The van der Waals surface area contributed by atoms with Crippen LogP contribution in [0.25, 0.3) is 0 Å². The third-order valence-corrected chi connectivity index (χ3v) is 2.50. The van der Waals surface area contributed by atoms with E-state index in [1.165, 1.54) is 5.56 Å². The molecule has 0 heterocycles. The van der Waals surface area contributed by atoms with Gasteiger partial charge in [-0.2, -0.15) is 0 Å². The zero-order valence-electron chi connectivity index (χ0n) is 9.10. The van der Waals surface area contributed by atoms with Crippen molar-refractivity contribution in [2.45, 2.75) is 6.92 Å². The van der Waals surface area contributed by atoms with Gasteiger partial charge in [0.2, 0.25) is 5.71 Å². The molecule has 2 rings (SSSR count). The van der Waals surface area contributed by atoms with Crippen molar-refractivity contribution in [2.24, 2.45) is 0 Å². The highest BCUT2D eigenvalue weighted by Crippen LogP contribution is 2.08. The topological polar surface area (TPSA) is 37.0 Å². The van der Waals surface area contributed by atoms with E-state index in [4.69, 9.17) is 0 Å². The smallest absolute Gasteiger partial charge is 0.223 e. The van der Waals surface area contributed by atoms with Crippen molar-refractivity contribution in [2.75, 3.05) is 0 Å². The Kier molecular flexibility index (Phi) is 3.01. The van der Waals surface area contributed by atoms with Crippen LogP contribution in [0.1, 0.15) is 16.7 Å². The third kappa shape index (κ3) is 2.11. The fourth-order valence-corrected chi connectivity index (χ4v) is 1.61. The summed E-state index contributed by atoms with van der Waals surface area (Å²) in [4.78, 5) is 0. The van der Waals surface area contributed by atoms with Crippen LogP contribution < -0.4 is 5.16 Å². The second-order valence-electron chi connectivity index (χ2n) is 3.71. The number of rotatable bonds is 2. The maximum Gasteiger partial charge on any atom is 0.223 e. The summed E-state index contributed by atoms with van der Waals surface area (Å²) in [5.41, 5.74) is 3.61. The molecule has 0 bridgehead atoms. The summed E-state index contributed by atoms with van der Waals surface area (Å²) in [5, 5.41) is 13.0. The van der Waals surface area contributed by atoms with Crippen LogP contribution in [0.5, 0.6) is 0 Å². The minimum absolute atomic E-state index is 0.612. The highest BCUT2D eigenvalue weighted by Gasteiger charge is 2.10. The average Bonchev–Trinajstić information content (AvgIpc) is 2.34. The Morgan fingerprint density at radius 1 is 0.875 bits per heavy atom. The SMILES string of the molecule is Cc1ccc(C(=[NH+][O-])c2ccccc2)cc1. The van der Waals surface area contributed by atoms with Gasteiger partial charge in [-0.05, 0) is 31.2 Å². The van der Waals surface area contributed by atoms with Crippen LogP contribution in [0.15, 0.2) is 54.6 Å². The molecule has 0 radical (unpaired) electrons. The van der Waals surface area contributed by atoms with Gasteiger partial charge in [0.05, 0.1) is 0 Å². The van der Waals surface area contributed by atoms with Gasteiger partial charge in [0, 0.05) is 11.1 Å². The number of nitrogens with one attached hydrogen (secondary N) is 1. The second kappa shape index (κ2) is 4.62. The first-order chi connectivity index (χ1) is 7.81. The van der Waals surface area contributed by atoms with Crippen LogP contribution in [0.2, 0.25) is 0 Å². The monoisotopic (exact) mass is 211 g/mol. The lowest BCUT2D eigenvalue weighted by Crippen LogP contribution is -2.66. The number of benzene rings is 2. The first kappa shape index (κ1) is 10.4. The van der Waals surface area contributed by atoms with Gasteiger partial charge in [0.25, 0.3) is 0 Å². The molecule has 2 aromatic rings. The Morgan fingerprint density at radius 3 is 2.00 bits per heavy atom. The Hall–Kier alpha value is -2.09. The van der Waals surface area contributed by atoms with Crippen molar-refractivity contribution in [1.29, 1.82) is 0 Å². The molecule has 2 aromatic carbocycles. The molecule has 0 saturated carbocycles. The van der Waals surface area contributed by atoms with E-state index in [0.29, 0.717) is 5.71 Å². The van der Waals surface area contributed by atoms with Crippen LogP contribution in [0, 0.1) is 12.1 Å². The molecule has 1 N–H and O–H groups in total. The maximum absolute atomic E-state index is 11.0. The van der Waals surface area contributed by atoms with Crippen molar-refractivity contribution in [3.05, 3.63) is 76.5 Å². The van der Waals surface area contributed by atoms with Crippen molar-refractivity contribution in [3.8, 4) is 0 Å². The Bertz CT molecular complexity index is 486. The summed E-state index contributed by atoms with van der Waals surface area (Å²) in [5.74, 6) is 0. The molecule has 0 aliphatic heterocycles. The van der Waals surface area contributed by atoms with Gasteiger partial charge in [0.1, 0.15) is 0 Å². The van der Waals surface area contributed by atoms with Crippen molar-refractivity contribution < 1.29 is 5.16 Å². The van der Waals surface area contributed by atoms with Crippen LogP contribution in [-0.4, -0.2) is 5.71 Å². The second-order valence-corrected chi connectivity index (χ2v) is 3.71. The van der Waals surface area contributed by atoms with Crippen LogP contribution in [0.3, 0.4) is 0 Å². The van der Waals surface area contributed by atoms with E-state index in [1.807, 2.05) is 66.7 Å². The van der Waals surface area contributed by atoms with E-state index in [0.717, 1.165) is 11.1 Å². The number of aryl methyl sites for hydroxylation is 1. The van der Waals surface area contributed by atoms with E-state index >= 15 is 0 Å². The Labute approximate surface area is 94.9 Å². The summed E-state index contributed by atoms with van der Waals surface area (Å²) in [6.45, 7) is 2.02. The predicted molar refractivity (Wildman–Crippen MR) is 65.2 cm³/mol. The fourth-order valence-electron chi connectivity index (χ4n) is 1.61. The zero-order valence-corrected chi connectivity index (χ0v) is 9.10. The van der Waals surface area contributed by atoms with E-state index < -0.39 is 0 Å². The lowest BCUT2D eigenvalue weighted by atomic mass is 10.0. The summed E-state index contributed by atoms with van der Waals surface area (Å²) in [6, 6.07) is 17.5. The number of hydrogen-bond donors (Lipinski definition) is 1. The van der Waals surface area contributed by atoms with Crippen LogP contribution in [0.4, 0.5) is 0 Å². The van der Waals surface area contributed by atoms with Gasteiger partial charge in [-0.15, -0.1) is 0 Å². The van der Waals surface area contributed by atoms with Gasteiger partial charge in [-0.1, -0.05) is 35.9 Å². The third-order valence-electron chi connectivity index (χ3n) is 2.50. The molecular formula is C14H13NO. The van der Waals surface area contributed by atoms with Gasteiger partial charge in [0.15, 0.2) is 0 Å². The van der Waals surface area contributed by atoms with Gasteiger partial charge in [-0.3, -0.25) is 0 Å². The van der Waals surface area contributed by atoms with Gasteiger partial charge >= 0.3 is 0 Å². The molecule has 0 unspecified atom stereocenters. The molecule has 0 aromatic heterocycles. The summed E-state index contributed by atoms with van der Waals surface area (Å²) >= 11 is 0. The molecule has 0 amide bonds. The lowest BCUT2D eigenvalue weighted by molar-refractivity contribution is -0.371. The van der Waals surface area contributed by atoms with Crippen molar-refractivity contribution in [1.82, 2.24) is 0 Å². The Balaban J connectivity index is 2.42. The molecule has 0 aliphatic carbocycles. The molecule has 80 valence electrons. The number of hydrogen-bond acceptors (Lipinski definition) is 1. The molecule has 0 atom stereocenters. The zero-order chi connectivity index (χ0) is 11.4.